The summed E-state index contributed by atoms with van der Waals surface area (Å²) in [5.74, 6) is -0.0116. The van der Waals surface area contributed by atoms with E-state index < -0.39 is 0 Å². The molecule has 1 aliphatic heterocycles. The topological polar surface area (TPSA) is 65.1 Å². The number of ether oxygens (including phenoxy) is 3. The van der Waals surface area contributed by atoms with Gasteiger partial charge in [-0.25, -0.2) is 4.39 Å². The van der Waals surface area contributed by atoms with Crippen LogP contribution in [0.3, 0.4) is 0 Å². The highest BCUT2D eigenvalue weighted by Gasteiger charge is 2.34. The maximum atomic E-state index is 13.0. The monoisotopic (exact) mass is 451 g/mol. The van der Waals surface area contributed by atoms with Crippen molar-refractivity contribution in [3.63, 3.8) is 0 Å². The second kappa shape index (κ2) is 9.97. The van der Waals surface area contributed by atoms with Gasteiger partial charge >= 0.3 is 0 Å². The highest BCUT2D eigenvalue weighted by atomic mass is 35.5. The molecule has 9 heteroatoms. The van der Waals surface area contributed by atoms with Crippen LogP contribution < -0.4 is 9.47 Å². The fraction of sp³-hybridized carbons (Fsp3) is 0.238. The number of hydrogen-bond acceptors (Lipinski definition) is 6. The zero-order chi connectivity index (χ0) is 21.7. The molecule has 0 bridgehead atoms. The molecule has 1 saturated heterocycles. The second-order valence-electron chi connectivity index (χ2n) is 6.28. The molecule has 0 saturated carbocycles. The van der Waals surface area contributed by atoms with E-state index in [9.17, 15) is 14.0 Å². The number of benzene rings is 2. The van der Waals surface area contributed by atoms with E-state index in [-0.39, 0.29) is 46.6 Å². The van der Waals surface area contributed by atoms with Crippen LogP contribution in [0, 0.1) is 5.82 Å². The Bertz CT molecular complexity index is 980. The molecule has 0 atom stereocenters. The van der Waals surface area contributed by atoms with E-state index in [2.05, 4.69) is 0 Å². The first-order chi connectivity index (χ1) is 14.4. The van der Waals surface area contributed by atoms with Gasteiger partial charge in [-0.05, 0) is 53.2 Å². The van der Waals surface area contributed by atoms with E-state index >= 15 is 0 Å². The number of methoxy groups -OCH3 is 2. The quantitative estimate of drug-likeness (QED) is 0.540. The van der Waals surface area contributed by atoms with Crippen molar-refractivity contribution in [3.05, 3.63) is 63.3 Å². The summed E-state index contributed by atoms with van der Waals surface area (Å²) in [6, 6.07) is 9.20. The molecule has 0 unspecified atom stereocenters. The van der Waals surface area contributed by atoms with Gasteiger partial charge in [-0.1, -0.05) is 23.7 Å². The van der Waals surface area contributed by atoms with E-state index in [0.717, 1.165) is 22.2 Å². The summed E-state index contributed by atoms with van der Waals surface area (Å²) in [4.78, 5) is 25.9. The van der Waals surface area contributed by atoms with Crippen molar-refractivity contribution < 1.29 is 28.2 Å². The lowest BCUT2D eigenvalue weighted by atomic mass is 10.1. The number of imide groups is 1. The largest absolute Gasteiger partial charge is 0.493 e. The van der Waals surface area contributed by atoms with Crippen molar-refractivity contribution in [2.45, 2.75) is 6.61 Å². The Balaban J connectivity index is 1.79. The first kappa shape index (κ1) is 22.1. The maximum absolute atomic E-state index is 13.0. The average molecular weight is 452 g/mol. The highest BCUT2D eigenvalue weighted by molar-refractivity contribution is 8.18. The third-order valence-electron chi connectivity index (χ3n) is 4.24. The van der Waals surface area contributed by atoms with Crippen LogP contribution in [0.1, 0.15) is 11.1 Å². The Labute approximate surface area is 182 Å². The van der Waals surface area contributed by atoms with Gasteiger partial charge in [0, 0.05) is 7.11 Å². The zero-order valence-electron chi connectivity index (χ0n) is 16.3. The third-order valence-corrected chi connectivity index (χ3v) is 5.43. The normalized spacial score (nSPS) is 15.2. The van der Waals surface area contributed by atoms with Gasteiger partial charge in [0.25, 0.3) is 11.1 Å². The van der Waals surface area contributed by atoms with Crippen molar-refractivity contribution in [2.75, 3.05) is 27.4 Å². The minimum Gasteiger partial charge on any atom is -0.493 e. The number of amides is 2. The molecule has 0 radical (unpaired) electrons. The first-order valence-electron chi connectivity index (χ1n) is 8.92. The van der Waals surface area contributed by atoms with Gasteiger partial charge in [0.05, 0.1) is 30.2 Å². The Kier molecular flexibility index (Phi) is 7.36. The molecule has 2 aromatic rings. The summed E-state index contributed by atoms with van der Waals surface area (Å²) in [5.41, 5.74) is 1.35. The van der Waals surface area contributed by atoms with E-state index in [0.29, 0.717) is 17.1 Å². The van der Waals surface area contributed by atoms with Crippen LogP contribution in [-0.4, -0.2) is 43.4 Å². The Morgan fingerprint density at radius 3 is 2.57 bits per heavy atom. The number of carbonyl (C=O) groups excluding carboxylic acids is 2. The number of rotatable bonds is 8. The Hall–Kier alpha value is -2.55. The zero-order valence-corrected chi connectivity index (χ0v) is 17.9. The molecular formula is C21H19ClFNO5S. The molecule has 0 spiro atoms. The molecular weight excluding hydrogens is 433 g/mol. The second-order valence-corrected chi connectivity index (χ2v) is 7.68. The molecule has 1 aliphatic rings. The van der Waals surface area contributed by atoms with E-state index in [4.69, 9.17) is 25.8 Å². The van der Waals surface area contributed by atoms with Crippen LogP contribution in [0.15, 0.2) is 41.3 Å². The van der Waals surface area contributed by atoms with Crippen LogP contribution in [-0.2, 0) is 16.1 Å². The minimum atomic E-state index is -0.381. The highest BCUT2D eigenvalue weighted by Crippen LogP contribution is 2.39. The fourth-order valence-electron chi connectivity index (χ4n) is 2.73. The lowest BCUT2D eigenvalue weighted by Gasteiger charge is -2.14. The van der Waals surface area contributed by atoms with Gasteiger partial charge in [-0.2, -0.15) is 0 Å². The van der Waals surface area contributed by atoms with Crippen LogP contribution in [0.2, 0.25) is 5.02 Å². The SMILES string of the molecule is COCCN1C(=O)S/C(=C/c2cc(Cl)c(OCc3ccc(F)cc3)c(OC)c2)C1=O. The van der Waals surface area contributed by atoms with Gasteiger partial charge in [0.2, 0.25) is 0 Å². The summed E-state index contributed by atoms with van der Waals surface area (Å²) < 4.78 is 29.1. The maximum Gasteiger partial charge on any atom is 0.293 e. The summed E-state index contributed by atoms with van der Waals surface area (Å²) in [5, 5.41) is -0.0677. The van der Waals surface area contributed by atoms with Crippen molar-refractivity contribution in [1.82, 2.24) is 4.90 Å². The minimum absolute atomic E-state index is 0.175. The molecule has 1 fully saturated rings. The van der Waals surface area contributed by atoms with Crippen LogP contribution in [0.25, 0.3) is 6.08 Å². The smallest absolute Gasteiger partial charge is 0.293 e. The predicted octanol–water partition coefficient (Wildman–Crippen LogP) is 4.75. The average Bonchev–Trinajstić information content (AvgIpc) is 2.99. The number of carbonyl (C=O) groups is 2. The standard InChI is InChI=1S/C21H19ClFNO5S/c1-27-8-7-24-20(25)18(30-21(24)26)11-14-9-16(22)19(17(10-14)28-2)29-12-13-3-5-15(23)6-4-13/h3-6,9-11H,7-8,12H2,1-2H3/b18-11+. The van der Waals surface area contributed by atoms with E-state index in [1.165, 1.54) is 26.4 Å². The van der Waals surface area contributed by atoms with Gasteiger partial charge in [0.15, 0.2) is 11.5 Å². The first-order valence-corrected chi connectivity index (χ1v) is 10.1. The molecule has 0 aliphatic carbocycles. The molecule has 1 heterocycles. The van der Waals surface area contributed by atoms with Gasteiger partial charge < -0.3 is 14.2 Å². The van der Waals surface area contributed by atoms with E-state index in [1.807, 2.05) is 0 Å². The summed E-state index contributed by atoms with van der Waals surface area (Å²) in [7, 11) is 2.97. The lowest BCUT2D eigenvalue weighted by molar-refractivity contribution is -0.123. The molecule has 6 nitrogen and oxygen atoms in total. The Morgan fingerprint density at radius 2 is 1.90 bits per heavy atom. The van der Waals surface area contributed by atoms with Gasteiger partial charge in [-0.3, -0.25) is 14.5 Å². The number of halogens is 2. The summed E-state index contributed by atoms with van der Waals surface area (Å²) in [6.45, 7) is 0.637. The third kappa shape index (κ3) is 5.13. The summed E-state index contributed by atoms with van der Waals surface area (Å²) in [6.07, 6.45) is 1.58. The summed E-state index contributed by atoms with van der Waals surface area (Å²) >= 11 is 7.23. The molecule has 158 valence electrons. The number of thioether (sulfide) groups is 1. The van der Waals surface area contributed by atoms with Crippen LogP contribution in [0.5, 0.6) is 11.5 Å². The van der Waals surface area contributed by atoms with Crippen molar-refractivity contribution >= 4 is 40.6 Å². The molecule has 2 amide bonds. The molecule has 0 aromatic heterocycles. The van der Waals surface area contributed by atoms with Gasteiger partial charge in [0.1, 0.15) is 12.4 Å². The number of hydrogen-bond donors (Lipinski definition) is 0. The molecule has 30 heavy (non-hydrogen) atoms. The molecule has 2 aromatic carbocycles. The number of nitrogens with zero attached hydrogens (tertiary/aromatic N) is 1. The van der Waals surface area contributed by atoms with Crippen molar-refractivity contribution in [1.29, 1.82) is 0 Å². The van der Waals surface area contributed by atoms with Crippen molar-refractivity contribution in [3.8, 4) is 11.5 Å². The van der Waals surface area contributed by atoms with Crippen LogP contribution in [0.4, 0.5) is 9.18 Å². The van der Waals surface area contributed by atoms with Gasteiger partial charge in [-0.15, -0.1) is 0 Å². The van der Waals surface area contributed by atoms with E-state index in [1.54, 1.807) is 30.3 Å². The molecule has 0 N–H and O–H groups in total. The fourth-order valence-corrected chi connectivity index (χ4v) is 3.86. The van der Waals surface area contributed by atoms with Crippen LogP contribution >= 0.6 is 23.4 Å². The molecule has 3 rings (SSSR count). The lowest BCUT2D eigenvalue weighted by Crippen LogP contribution is -2.31. The predicted molar refractivity (Wildman–Crippen MR) is 113 cm³/mol. The van der Waals surface area contributed by atoms with Crippen molar-refractivity contribution in [2.24, 2.45) is 0 Å². The Morgan fingerprint density at radius 1 is 1.17 bits per heavy atom.